The van der Waals surface area contributed by atoms with Crippen LogP contribution in [-0.2, 0) is 16.0 Å². The average molecular weight is 348 g/mol. The molecule has 1 aliphatic rings. The van der Waals surface area contributed by atoms with Gasteiger partial charge in [0.15, 0.2) is 0 Å². The predicted molar refractivity (Wildman–Crippen MR) is 95.5 cm³/mol. The Balaban J connectivity index is 1.90. The van der Waals surface area contributed by atoms with Gasteiger partial charge in [0.25, 0.3) is 0 Å². The van der Waals surface area contributed by atoms with Crippen molar-refractivity contribution in [2.24, 2.45) is 0 Å². The molecule has 1 aliphatic carbocycles. The van der Waals surface area contributed by atoms with Crippen LogP contribution in [0.25, 0.3) is 0 Å². The third-order valence-corrected chi connectivity index (χ3v) is 4.52. The fourth-order valence-corrected chi connectivity index (χ4v) is 3.32. The summed E-state index contributed by atoms with van der Waals surface area (Å²) in [5.74, 6) is -0.854. The van der Waals surface area contributed by atoms with Crippen molar-refractivity contribution in [3.8, 4) is 0 Å². The third kappa shape index (κ3) is 6.74. The van der Waals surface area contributed by atoms with Crippen LogP contribution >= 0.6 is 0 Å². The summed E-state index contributed by atoms with van der Waals surface area (Å²) in [6.07, 6.45) is 4.03. The Hall–Kier alpha value is -2.08. The fraction of sp³-hybridized carbons (Fsp3) is 0.579. The number of amides is 2. The monoisotopic (exact) mass is 348 g/mol. The second kappa shape index (κ2) is 10.0. The van der Waals surface area contributed by atoms with E-state index in [1.807, 2.05) is 37.3 Å². The number of benzene rings is 1. The van der Waals surface area contributed by atoms with Gasteiger partial charge in [0.2, 0.25) is 0 Å². The first-order valence-electron chi connectivity index (χ1n) is 9.02. The Bertz CT molecular complexity index is 550. The van der Waals surface area contributed by atoms with E-state index < -0.39 is 5.97 Å². The zero-order chi connectivity index (χ0) is 18.1. The summed E-state index contributed by atoms with van der Waals surface area (Å²) in [5, 5.41) is 14.9. The number of carbonyl (C=O) groups excluding carboxylic acids is 1. The molecule has 0 heterocycles. The minimum Gasteiger partial charge on any atom is -0.481 e. The second-order valence-electron chi connectivity index (χ2n) is 6.47. The Morgan fingerprint density at radius 3 is 2.72 bits per heavy atom. The quantitative estimate of drug-likeness (QED) is 0.640. The lowest BCUT2D eigenvalue weighted by Gasteiger charge is -2.24. The van der Waals surface area contributed by atoms with Crippen molar-refractivity contribution in [2.75, 3.05) is 6.61 Å². The van der Waals surface area contributed by atoms with Crippen molar-refractivity contribution < 1.29 is 19.4 Å². The average Bonchev–Trinajstić information content (AvgIpc) is 3.01. The van der Waals surface area contributed by atoms with Crippen molar-refractivity contribution in [1.29, 1.82) is 0 Å². The molecule has 0 spiro atoms. The molecule has 2 rings (SSSR count). The standard InChI is InChI=1S/C19H28N2O4/c1-2-25-17-10-6-9-16(17)21-19(24)20-15(11-12-18(22)23)13-14-7-4-3-5-8-14/h3-5,7-8,15-17H,2,6,9-13H2,1H3,(H,22,23)(H2,20,21,24)/t15?,16-,17-/m1/s1. The van der Waals surface area contributed by atoms with Gasteiger partial charge >= 0.3 is 12.0 Å². The molecule has 1 aromatic rings. The van der Waals surface area contributed by atoms with Gasteiger partial charge in [-0.05, 0) is 44.6 Å². The van der Waals surface area contributed by atoms with Crippen LogP contribution in [0.15, 0.2) is 30.3 Å². The van der Waals surface area contributed by atoms with E-state index in [1.165, 1.54) is 0 Å². The maximum absolute atomic E-state index is 12.4. The van der Waals surface area contributed by atoms with Gasteiger partial charge in [0.1, 0.15) is 0 Å². The predicted octanol–water partition coefficient (Wildman–Crippen LogP) is 2.72. The Morgan fingerprint density at radius 1 is 1.28 bits per heavy atom. The van der Waals surface area contributed by atoms with E-state index in [9.17, 15) is 9.59 Å². The lowest BCUT2D eigenvalue weighted by molar-refractivity contribution is -0.137. The van der Waals surface area contributed by atoms with Crippen molar-refractivity contribution >= 4 is 12.0 Å². The largest absolute Gasteiger partial charge is 0.481 e. The molecule has 25 heavy (non-hydrogen) atoms. The van der Waals surface area contributed by atoms with Crippen LogP contribution in [0.3, 0.4) is 0 Å². The first kappa shape index (κ1) is 19.2. The number of nitrogens with one attached hydrogen (secondary N) is 2. The summed E-state index contributed by atoms with van der Waals surface area (Å²) in [6.45, 7) is 2.59. The molecule has 1 aromatic carbocycles. The number of ether oxygens (including phenoxy) is 1. The van der Waals surface area contributed by atoms with E-state index in [-0.39, 0.29) is 30.6 Å². The van der Waals surface area contributed by atoms with Crippen LogP contribution in [0.4, 0.5) is 4.79 Å². The van der Waals surface area contributed by atoms with E-state index in [4.69, 9.17) is 9.84 Å². The molecule has 6 nitrogen and oxygen atoms in total. The maximum atomic E-state index is 12.4. The smallest absolute Gasteiger partial charge is 0.315 e. The number of urea groups is 1. The normalized spacial score (nSPS) is 20.8. The van der Waals surface area contributed by atoms with Gasteiger partial charge in [-0.15, -0.1) is 0 Å². The third-order valence-electron chi connectivity index (χ3n) is 4.52. The van der Waals surface area contributed by atoms with Crippen LogP contribution in [0.2, 0.25) is 0 Å². The van der Waals surface area contributed by atoms with E-state index in [0.29, 0.717) is 19.4 Å². The molecule has 1 saturated carbocycles. The van der Waals surface area contributed by atoms with Crippen molar-refractivity contribution in [3.05, 3.63) is 35.9 Å². The van der Waals surface area contributed by atoms with E-state index >= 15 is 0 Å². The number of rotatable bonds is 9. The molecular formula is C19H28N2O4. The summed E-state index contributed by atoms with van der Waals surface area (Å²) < 4.78 is 5.68. The van der Waals surface area contributed by atoms with Crippen molar-refractivity contribution in [2.45, 2.75) is 63.6 Å². The molecule has 1 fully saturated rings. The van der Waals surface area contributed by atoms with Gasteiger partial charge in [-0.2, -0.15) is 0 Å². The SMILES string of the molecule is CCO[C@@H]1CCC[C@H]1NC(=O)NC(CCC(=O)O)Cc1ccccc1. The lowest BCUT2D eigenvalue weighted by Crippen LogP contribution is -2.49. The molecule has 0 saturated heterocycles. The first-order valence-corrected chi connectivity index (χ1v) is 9.02. The zero-order valence-corrected chi connectivity index (χ0v) is 14.7. The summed E-state index contributed by atoms with van der Waals surface area (Å²) in [7, 11) is 0. The van der Waals surface area contributed by atoms with Crippen LogP contribution in [-0.4, -0.2) is 41.9 Å². The van der Waals surface area contributed by atoms with Crippen molar-refractivity contribution in [3.63, 3.8) is 0 Å². The number of carboxylic acid groups (broad SMARTS) is 1. The Kier molecular flexibility index (Phi) is 7.73. The van der Waals surface area contributed by atoms with E-state index in [0.717, 1.165) is 24.8 Å². The molecular weight excluding hydrogens is 320 g/mol. The number of carbonyl (C=O) groups is 2. The highest BCUT2D eigenvalue weighted by molar-refractivity contribution is 5.75. The molecule has 0 bridgehead atoms. The van der Waals surface area contributed by atoms with E-state index in [2.05, 4.69) is 10.6 Å². The highest BCUT2D eigenvalue weighted by Crippen LogP contribution is 2.22. The molecule has 3 N–H and O–H groups in total. The highest BCUT2D eigenvalue weighted by Gasteiger charge is 2.29. The number of carboxylic acids is 1. The molecule has 0 aliphatic heterocycles. The van der Waals surface area contributed by atoms with Gasteiger partial charge in [0.05, 0.1) is 12.1 Å². The lowest BCUT2D eigenvalue weighted by atomic mass is 10.0. The summed E-state index contributed by atoms with van der Waals surface area (Å²) in [5.41, 5.74) is 1.08. The van der Waals surface area contributed by atoms with Crippen molar-refractivity contribution in [1.82, 2.24) is 10.6 Å². The highest BCUT2D eigenvalue weighted by atomic mass is 16.5. The van der Waals surface area contributed by atoms with Gasteiger partial charge in [-0.1, -0.05) is 30.3 Å². The second-order valence-corrected chi connectivity index (χ2v) is 6.47. The van der Waals surface area contributed by atoms with Crippen LogP contribution < -0.4 is 10.6 Å². The molecule has 0 aromatic heterocycles. The molecule has 2 amide bonds. The summed E-state index contributed by atoms with van der Waals surface area (Å²) >= 11 is 0. The van der Waals surface area contributed by atoms with Gasteiger partial charge in [0, 0.05) is 19.1 Å². The molecule has 1 unspecified atom stereocenters. The van der Waals surface area contributed by atoms with Crippen LogP contribution in [0, 0.1) is 0 Å². The van der Waals surface area contributed by atoms with E-state index in [1.54, 1.807) is 0 Å². The minimum absolute atomic E-state index is 0.0248. The van der Waals surface area contributed by atoms with Crippen LogP contribution in [0.5, 0.6) is 0 Å². The molecule has 138 valence electrons. The zero-order valence-electron chi connectivity index (χ0n) is 14.7. The number of hydrogen-bond acceptors (Lipinski definition) is 3. The van der Waals surface area contributed by atoms with Gasteiger partial charge < -0.3 is 20.5 Å². The maximum Gasteiger partial charge on any atom is 0.315 e. The fourth-order valence-electron chi connectivity index (χ4n) is 3.32. The topological polar surface area (TPSA) is 87.7 Å². The first-order chi connectivity index (χ1) is 12.1. The Morgan fingerprint density at radius 2 is 2.04 bits per heavy atom. The van der Waals surface area contributed by atoms with Gasteiger partial charge in [-0.25, -0.2) is 4.79 Å². The summed E-state index contributed by atoms with van der Waals surface area (Å²) in [4.78, 5) is 23.3. The summed E-state index contributed by atoms with van der Waals surface area (Å²) in [6, 6.07) is 9.34. The number of aliphatic carboxylic acids is 1. The molecule has 3 atom stereocenters. The number of hydrogen-bond donors (Lipinski definition) is 3. The van der Waals surface area contributed by atoms with Crippen LogP contribution in [0.1, 0.15) is 44.6 Å². The molecule has 0 radical (unpaired) electrons. The molecule has 6 heteroatoms. The minimum atomic E-state index is -0.854. The van der Waals surface area contributed by atoms with Gasteiger partial charge in [-0.3, -0.25) is 4.79 Å². The Labute approximate surface area is 149 Å².